The number of thiol groups is 1. The number of nitriles is 1. The first-order valence-electron chi connectivity index (χ1n) is 12.2. The van der Waals surface area contributed by atoms with Gasteiger partial charge >= 0.3 is 0 Å². The van der Waals surface area contributed by atoms with Gasteiger partial charge in [-0.05, 0) is 56.7 Å². The molecule has 1 aliphatic rings. The molecule has 0 aliphatic carbocycles. The second kappa shape index (κ2) is 10.4. The Morgan fingerprint density at radius 3 is 2.53 bits per heavy atom. The Kier molecular flexibility index (Phi) is 7.52. The summed E-state index contributed by atoms with van der Waals surface area (Å²) in [6, 6.07) is 7.94. The Morgan fingerprint density at radius 1 is 1.25 bits per heavy atom. The fourth-order valence-corrected chi connectivity index (χ4v) is 6.03. The van der Waals surface area contributed by atoms with Crippen molar-refractivity contribution in [3.05, 3.63) is 42.4 Å². The third kappa shape index (κ3) is 5.63. The van der Waals surface area contributed by atoms with Crippen molar-refractivity contribution in [2.24, 2.45) is 11.8 Å². The predicted molar refractivity (Wildman–Crippen MR) is 139 cm³/mol. The molecule has 9 nitrogen and oxygen atoms in total. The van der Waals surface area contributed by atoms with E-state index in [1.165, 1.54) is 6.20 Å². The number of hydrogen-bond acceptors (Lipinski definition) is 8. The lowest BCUT2D eigenvalue weighted by molar-refractivity contribution is 0.0283. The van der Waals surface area contributed by atoms with Crippen LogP contribution in [0.25, 0.3) is 16.6 Å². The second-order valence-corrected chi connectivity index (χ2v) is 11.6. The quantitative estimate of drug-likeness (QED) is 0.442. The molecular formula is C26H33N5O4S. The molecule has 1 unspecified atom stereocenters. The van der Waals surface area contributed by atoms with Gasteiger partial charge in [0.15, 0.2) is 0 Å². The summed E-state index contributed by atoms with van der Waals surface area (Å²) in [6.07, 6.45) is 6.62. The van der Waals surface area contributed by atoms with Gasteiger partial charge in [-0.3, -0.25) is 0 Å². The molecule has 0 bridgehead atoms. The number of anilines is 1. The molecule has 10 heteroatoms. The molecule has 1 N–H and O–H groups in total. The van der Waals surface area contributed by atoms with Crippen LogP contribution in [0.5, 0.6) is 5.75 Å². The van der Waals surface area contributed by atoms with Crippen LogP contribution < -0.4 is 9.64 Å². The van der Waals surface area contributed by atoms with E-state index >= 15 is 0 Å². The maximum atomic E-state index is 11.8. The van der Waals surface area contributed by atoms with E-state index in [0.29, 0.717) is 16.8 Å². The van der Waals surface area contributed by atoms with Crippen LogP contribution in [0.3, 0.4) is 0 Å². The van der Waals surface area contributed by atoms with E-state index in [9.17, 15) is 18.8 Å². The summed E-state index contributed by atoms with van der Waals surface area (Å²) < 4.78 is 30.9. The van der Waals surface area contributed by atoms with Crippen molar-refractivity contribution < 1.29 is 18.3 Å². The molecule has 36 heavy (non-hydrogen) atoms. The Morgan fingerprint density at radius 2 is 1.97 bits per heavy atom. The molecule has 0 spiro atoms. The van der Waals surface area contributed by atoms with Gasteiger partial charge in [-0.2, -0.15) is 10.4 Å². The average Bonchev–Trinajstić information content (AvgIpc) is 3.25. The van der Waals surface area contributed by atoms with Gasteiger partial charge in [0.05, 0.1) is 34.3 Å². The van der Waals surface area contributed by atoms with Crippen LogP contribution in [0, 0.1) is 23.2 Å². The van der Waals surface area contributed by atoms with Crippen LogP contribution in [0.4, 0.5) is 5.82 Å². The van der Waals surface area contributed by atoms with E-state index in [1.807, 2.05) is 32.0 Å². The van der Waals surface area contributed by atoms with E-state index in [2.05, 4.69) is 16.1 Å². The summed E-state index contributed by atoms with van der Waals surface area (Å²) in [7, 11) is -2.44. The van der Waals surface area contributed by atoms with Crippen LogP contribution in [0.1, 0.15) is 46.1 Å². The molecule has 0 saturated carbocycles. The first kappa shape index (κ1) is 25.9. The molecular weight excluding hydrogens is 478 g/mol. The fourth-order valence-electron chi connectivity index (χ4n) is 4.90. The van der Waals surface area contributed by atoms with Crippen molar-refractivity contribution in [1.82, 2.24) is 14.6 Å². The first-order chi connectivity index (χ1) is 17.1. The molecule has 1 atom stereocenters. The molecule has 1 saturated heterocycles. The van der Waals surface area contributed by atoms with Gasteiger partial charge in [0.2, 0.25) is 0 Å². The summed E-state index contributed by atoms with van der Waals surface area (Å²) >= 11 is 0. The maximum Gasteiger partial charge on any atom is 0.143 e. The summed E-state index contributed by atoms with van der Waals surface area (Å²) in [4.78, 5) is 6.88. The standard InChI is InChI=1S/C26H33N5O4S/c1-17(2)25(36(33)34)18-7-9-30(10-8-18)23-6-5-19(13-28-23)22-11-21(35-16-26(3,4)32)15-31-24(22)20(12-27)14-29-31/h5-6,11,13-15,17-18,25,32,36H,7-10,16H2,1-4H3. The van der Waals surface area contributed by atoms with E-state index in [-0.39, 0.29) is 23.7 Å². The number of fused-ring (bicyclic) bond motifs is 1. The van der Waals surface area contributed by atoms with E-state index < -0.39 is 16.3 Å². The van der Waals surface area contributed by atoms with Crippen LogP contribution in [0.2, 0.25) is 0 Å². The zero-order valence-corrected chi connectivity index (χ0v) is 22.0. The molecule has 3 aromatic rings. The van der Waals surface area contributed by atoms with Crippen molar-refractivity contribution in [1.29, 1.82) is 5.26 Å². The minimum absolute atomic E-state index is 0.107. The minimum atomic E-state index is -2.44. The zero-order chi connectivity index (χ0) is 26.0. The van der Waals surface area contributed by atoms with E-state index in [1.54, 1.807) is 30.8 Å². The van der Waals surface area contributed by atoms with Crippen molar-refractivity contribution in [3.63, 3.8) is 0 Å². The lowest BCUT2D eigenvalue weighted by Crippen LogP contribution is -2.40. The number of pyridine rings is 2. The average molecular weight is 512 g/mol. The van der Waals surface area contributed by atoms with Crippen LogP contribution in [0.15, 0.2) is 36.8 Å². The highest BCUT2D eigenvalue weighted by Crippen LogP contribution is 2.33. The highest BCUT2D eigenvalue weighted by atomic mass is 32.2. The molecule has 0 amide bonds. The van der Waals surface area contributed by atoms with Gasteiger partial charge in [0, 0.05) is 30.4 Å². The maximum absolute atomic E-state index is 11.8. The molecule has 0 aromatic carbocycles. The topological polar surface area (TPSA) is 121 Å². The monoisotopic (exact) mass is 511 g/mol. The van der Waals surface area contributed by atoms with Crippen molar-refractivity contribution in [2.45, 2.75) is 51.4 Å². The zero-order valence-electron chi connectivity index (χ0n) is 21.1. The van der Waals surface area contributed by atoms with Gasteiger partial charge in [-0.1, -0.05) is 13.8 Å². The molecule has 4 heterocycles. The summed E-state index contributed by atoms with van der Waals surface area (Å²) in [6.45, 7) is 8.91. The SMILES string of the molecule is CC(C)C(C1CCN(c2ccc(-c3cc(OCC(C)(C)O)cn4ncc(C#N)c34)cn2)CC1)[SH](=O)=O. The normalized spacial score (nSPS) is 16.0. The molecule has 192 valence electrons. The lowest BCUT2D eigenvalue weighted by Gasteiger charge is -2.36. The molecule has 1 aliphatic heterocycles. The summed E-state index contributed by atoms with van der Waals surface area (Å²) in [5.41, 5.74) is 1.69. The second-order valence-electron chi connectivity index (χ2n) is 10.4. The Labute approximate surface area is 213 Å². The first-order valence-corrected chi connectivity index (χ1v) is 13.4. The fraction of sp³-hybridized carbons (Fsp3) is 0.500. The van der Waals surface area contributed by atoms with E-state index in [0.717, 1.165) is 42.9 Å². The number of ether oxygens (including phenoxy) is 1. The van der Waals surface area contributed by atoms with E-state index in [4.69, 9.17) is 9.72 Å². The molecule has 1 fully saturated rings. The number of rotatable bonds is 8. The third-order valence-electron chi connectivity index (χ3n) is 6.63. The Bertz CT molecular complexity index is 1320. The predicted octanol–water partition coefficient (Wildman–Crippen LogP) is 3.27. The summed E-state index contributed by atoms with van der Waals surface area (Å²) in [5.74, 6) is 1.65. The minimum Gasteiger partial charge on any atom is -0.489 e. The van der Waals surface area contributed by atoms with Crippen LogP contribution in [-0.4, -0.2) is 58.7 Å². The third-order valence-corrected chi connectivity index (χ3v) is 8.14. The number of hydrogen-bond donors (Lipinski definition) is 2. The smallest absolute Gasteiger partial charge is 0.143 e. The largest absolute Gasteiger partial charge is 0.489 e. The number of nitrogens with zero attached hydrogens (tertiary/aromatic N) is 5. The highest BCUT2D eigenvalue weighted by molar-refractivity contribution is 7.73. The molecule has 3 aromatic heterocycles. The number of aromatic nitrogens is 3. The van der Waals surface area contributed by atoms with Gasteiger partial charge in [0.1, 0.15) is 34.9 Å². The van der Waals surface area contributed by atoms with Gasteiger partial charge < -0.3 is 14.7 Å². The number of aliphatic hydroxyl groups is 1. The molecule has 4 rings (SSSR count). The van der Waals surface area contributed by atoms with Crippen molar-refractivity contribution in [3.8, 4) is 22.9 Å². The molecule has 0 radical (unpaired) electrons. The lowest BCUT2D eigenvalue weighted by atomic mass is 9.88. The summed E-state index contributed by atoms with van der Waals surface area (Å²) in [5, 5.41) is 23.6. The van der Waals surface area contributed by atoms with Crippen LogP contribution >= 0.6 is 0 Å². The van der Waals surface area contributed by atoms with Gasteiger partial charge in [-0.15, -0.1) is 0 Å². The number of piperidine rings is 1. The Balaban J connectivity index is 1.57. The highest BCUT2D eigenvalue weighted by Gasteiger charge is 2.31. The van der Waals surface area contributed by atoms with Crippen LogP contribution in [-0.2, 0) is 10.7 Å². The van der Waals surface area contributed by atoms with Crippen molar-refractivity contribution in [2.75, 3.05) is 24.6 Å². The Hall–Kier alpha value is -3.16. The van der Waals surface area contributed by atoms with Gasteiger partial charge in [-0.25, -0.2) is 17.9 Å². The van der Waals surface area contributed by atoms with Crippen molar-refractivity contribution >= 4 is 22.0 Å². The van der Waals surface area contributed by atoms with Gasteiger partial charge in [0.25, 0.3) is 0 Å².